The molecule has 1 spiro atoms. The highest BCUT2D eigenvalue weighted by Gasteiger charge is 2.62. The van der Waals surface area contributed by atoms with Gasteiger partial charge in [0.2, 0.25) is 0 Å². The van der Waals surface area contributed by atoms with Gasteiger partial charge in [-0.2, -0.15) is 0 Å². The SMILES string of the molecule is C1=CCC2C(=C1)Oc1c(-c3cccc4c3C3C=CCCC3N4c3ccccc3)cccc1C21C2C=CC=CC2OC2C=C(C3CC=CCN3)C=CC21. The number of rotatable bonds is 3. The van der Waals surface area contributed by atoms with Crippen LogP contribution < -0.4 is 15.0 Å². The van der Waals surface area contributed by atoms with E-state index < -0.39 is 0 Å². The molecule has 4 aliphatic carbocycles. The minimum atomic E-state index is -0.269. The van der Waals surface area contributed by atoms with E-state index in [9.17, 15) is 0 Å². The molecule has 3 aromatic carbocycles. The summed E-state index contributed by atoms with van der Waals surface area (Å²) in [6, 6.07) is 25.6. The lowest BCUT2D eigenvalue weighted by Crippen LogP contribution is -2.62. The Hall–Kier alpha value is -4.90. The molecule has 11 rings (SSSR count). The van der Waals surface area contributed by atoms with E-state index in [-0.39, 0.29) is 35.4 Å². The summed E-state index contributed by atoms with van der Waals surface area (Å²) in [7, 11) is 0. The molecule has 3 aromatic rings. The summed E-state index contributed by atoms with van der Waals surface area (Å²) < 4.78 is 14.4. The molecule has 0 saturated carbocycles. The van der Waals surface area contributed by atoms with Crippen molar-refractivity contribution >= 4 is 11.4 Å². The third-order valence-corrected chi connectivity index (χ3v) is 13.2. The maximum atomic E-state index is 7.27. The second-order valence-electron chi connectivity index (χ2n) is 15.6. The Morgan fingerprint density at radius 3 is 2.56 bits per heavy atom. The zero-order valence-corrected chi connectivity index (χ0v) is 29.4. The van der Waals surface area contributed by atoms with E-state index in [1.807, 2.05) is 0 Å². The summed E-state index contributed by atoms with van der Waals surface area (Å²) >= 11 is 0. The van der Waals surface area contributed by atoms with Crippen LogP contribution in [-0.2, 0) is 10.2 Å². The zero-order valence-electron chi connectivity index (χ0n) is 29.4. The van der Waals surface area contributed by atoms with Crippen molar-refractivity contribution in [3.63, 3.8) is 0 Å². The number of nitrogens with one attached hydrogen (secondary N) is 1. The van der Waals surface area contributed by atoms with E-state index in [1.54, 1.807) is 0 Å². The van der Waals surface area contributed by atoms with Crippen LogP contribution in [0.15, 0.2) is 163 Å². The van der Waals surface area contributed by atoms with E-state index in [0.29, 0.717) is 18.0 Å². The molecule has 0 radical (unpaired) electrons. The van der Waals surface area contributed by atoms with Crippen molar-refractivity contribution < 1.29 is 9.47 Å². The van der Waals surface area contributed by atoms with Gasteiger partial charge in [-0.25, -0.2) is 0 Å². The summed E-state index contributed by atoms with van der Waals surface area (Å²) in [5.74, 6) is 2.92. The number of anilines is 2. The van der Waals surface area contributed by atoms with Gasteiger partial charge < -0.3 is 19.7 Å². The van der Waals surface area contributed by atoms with Crippen LogP contribution in [0.3, 0.4) is 0 Å². The second kappa shape index (κ2) is 12.1. The highest BCUT2D eigenvalue weighted by Crippen LogP contribution is 2.64. The Kier molecular flexibility index (Phi) is 7.13. The number of nitrogens with zero attached hydrogens (tertiary/aromatic N) is 1. The van der Waals surface area contributed by atoms with Crippen molar-refractivity contribution in [2.24, 2.45) is 17.8 Å². The van der Waals surface area contributed by atoms with E-state index >= 15 is 0 Å². The van der Waals surface area contributed by atoms with Crippen molar-refractivity contribution in [3.05, 3.63) is 174 Å². The van der Waals surface area contributed by atoms with Crippen molar-refractivity contribution in [1.29, 1.82) is 0 Å². The van der Waals surface area contributed by atoms with E-state index in [4.69, 9.17) is 9.47 Å². The predicted octanol–water partition coefficient (Wildman–Crippen LogP) is 9.94. The third kappa shape index (κ3) is 4.41. The fraction of sp³-hybridized carbons (Fsp3) is 0.292. The molecule has 9 unspecified atom stereocenters. The highest BCUT2D eigenvalue weighted by molar-refractivity contribution is 5.86. The molecule has 1 N–H and O–H groups in total. The number of benzene rings is 3. The van der Waals surface area contributed by atoms with Crippen LogP contribution in [0, 0.1) is 17.8 Å². The van der Waals surface area contributed by atoms with Crippen LogP contribution in [-0.4, -0.2) is 30.8 Å². The Bertz CT molecular complexity index is 2180. The topological polar surface area (TPSA) is 33.7 Å². The average molecular weight is 681 g/mol. The maximum Gasteiger partial charge on any atom is 0.138 e. The van der Waals surface area contributed by atoms with E-state index in [2.05, 4.69) is 162 Å². The van der Waals surface area contributed by atoms with Gasteiger partial charge in [-0.15, -0.1) is 0 Å². The van der Waals surface area contributed by atoms with Crippen molar-refractivity contribution in [2.45, 2.75) is 61.3 Å². The minimum Gasteiger partial charge on any atom is -0.460 e. The monoisotopic (exact) mass is 680 g/mol. The smallest absolute Gasteiger partial charge is 0.138 e. The first-order valence-corrected chi connectivity index (χ1v) is 19.4. The lowest BCUT2D eigenvalue weighted by Gasteiger charge is -2.60. The minimum absolute atomic E-state index is 0.0234. The molecular weight excluding hydrogens is 637 g/mol. The number of hydrogen-bond donors (Lipinski definition) is 1. The summed E-state index contributed by atoms with van der Waals surface area (Å²) in [6.45, 7) is 0.909. The van der Waals surface area contributed by atoms with Crippen molar-refractivity contribution in [1.82, 2.24) is 5.32 Å². The Labute approximate surface area is 306 Å². The quantitative estimate of drug-likeness (QED) is 0.279. The third-order valence-electron chi connectivity index (χ3n) is 13.2. The van der Waals surface area contributed by atoms with Gasteiger partial charge >= 0.3 is 0 Å². The molecular formula is C48H44N2O2. The first-order chi connectivity index (χ1) is 25.8. The van der Waals surface area contributed by atoms with Crippen molar-refractivity contribution in [2.75, 3.05) is 11.4 Å². The largest absolute Gasteiger partial charge is 0.460 e. The molecule has 4 nitrogen and oxygen atoms in total. The number of ether oxygens (including phenoxy) is 2. The van der Waals surface area contributed by atoms with E-state index in [1.165, 1.54) is 39.2 Å². The van der Waals surface area contributed by atoms with Gasteiger partial charge in [0.25, 0.3) is 0 Å². The molecule has 52 heavy (non-hydrogen) atoms. The van der Waals surface area contributed by atoms with Gasteiger partial charge in [-0.05, 0) is 66.7 Å². The van der Waals surface area contributed by atoms with Gasteiger partial charge in [0.1, 0.15) is 11.5 Å². The molecule has 1 fully saturated rings. The summed E-state index contributed by atoms with van der Waals surface area (Å²) in [4.78, 5) is 2.61. The lowest BCUT2D eigenvalue weighted by molar-refractivity contribution is -0.115. The number of para-hydroxylation sites is 2. The second-order valence-corrected chi connectivity index (χ2v) is 15.6. The maximum absolute atomic E-state index is 7.27. The summed E-state index contributed by atoms with van der Waals surface area (Å²) in [5, 5.41) is 3.72. The standard InChI is InChI=1S/C48H44N2O2/c1-2-14-32(15-3-1)50-41-23-7-4-16-35(41)46-33(17-13-24-42(46)50)34-18-12-21-39-47(34)52-44-26-9-6-20-37(44)48(39)36-19-5-8-25-43(36)51-45-30-31(27-28-38(45)48)40-22-10-11-29-49-40/h1-6,8-19,21,24-28,30,35-38,40-41,43,45,49H,7,20,22-23,29H2. The predicted molar refractivity (Wildman–Crippen MR) is 210 cm³/mol. The van der Waals surface area contributed by atoms with Crippen LogP contribution in [0.4, 0.5) is 11.4 Å². The summed E-state index contributed by atoms with van der Waals surface area (Å²) in [6.07, 6.45) is 36.9. The molecule has 4 heterocycles. The van der Waals surface area contributed by atoms with Gasteiger partial charge in [0, 0.05) is 70.2 Å². The zero-order chi connectivity index (χ0) is 34.2. The fourth-order valence-corrected chi connectivity index (χ4v) is 11.2. The number of fused-ring (bicyclic) bond motifs is 11. The number of allylic oxidation sites excluding steroid dienone is 7. The van der Waals surface area contributed by atoms with Crippen LogP contribution >= 0.6 is 0 Å². The molecule has 4 aliphatic heterocycles. The molecule has 258 valence electrons. The molecule has 0 amide bonds. The average Bonchev–Trinajstić information content (AvgIpc) is 3.56. The Morgan fingerprint density at radius 1 is 0.750 bits per heavy atom. The molecule has 9 atom stereocenters. The van der Waals surface area contributed by atoms with Crippen LogP contribution in [0.2, 0.25) is 0 Å². The highest BCUT2D eigenvalue weighted by atomic mass is 16.5. The summed E-state index contributed by atoms with van der Waals surface area (Å²) in [5.41, 5.74) is 8.87. The van der Waals surface area contributed by atoms with Crippen LogP contribution in [0.5, 0.6) is 5.75 Å². The van der Waals surface area contributed by atoms with Crippen LogP contribution in [0.1, 0.15) is 42.7 Å². The Balaban J connectivity index is 1.12. The van der Waals surface area contributed by atoms with Crippen LogP contribution in [0.25, 0.3) is 11.1 Å². The molecule has 0 bridgehead atoms. The van der Waals surface area contributed by atoms with Crippen molar-refractivity contribution in [3.8, 4) is 16.9 Å². The number of hydrogen-bond acceptors (Lipinski definition) is 4. The van der Waals surface area contributed by atoms with Gasteiger partial charge in [0.05, 0.1) is 12.2 Å². The fourth-order valence-electron chi connectivity index (χ4n) is 11.2. The molecule has 8 aliphatic rings. The first kappa shape index (κ1) is 30.7. The first-order valence-electron chi connectivity index (χ1n) is 19.4. The normalized spacial score (nSPS) is 34.3. The van der Waals surface area contributed by atoms with Gasteiger partial charge in [-0.3, -0.25) is 0 Å². The lowest BCUT2D eigenvalue weighted by atomic mass is 9.48. The molecule has 4 heteroatoms. The molecule has 1 saturated heterocycles. The van der Waals surface area contributed by atoms with Gasteiger partial charge in [-0.1, -0.05) is 128 Å². The molecule has 0 aromatic heterocycles. The van der Waals surface area contributed by atoms with E-state index in [0.717, 1.165) is 43.7 Å². The Morgan fingerprint density at radius 2 is 1.63 bits per heavy atom. The van der Waals surface area contributed by atoms with Gasteiger partial charge in [0.15, 0.2) is 0 Å².